The molecule has 1 aliphatic carbocycles. The Kier molecular flexibility index (Phi) is 2.50. The minimum Gasteiger partial charge on any atom is -0.320 e. The van der Waals surface area contributed by atoms with E-state index >= 15 is 0 Å². The average Bonchev–Trinajstić information content (AvgIpc) is 2.49. The van der Waals surface area contributed by atoms with Crippen LogP contribution in [0.3, 0.4) is 0 Å². The second-order valence-corrected chi connectivity index (χ2v) is 4.65. The van der Waals surface area contributed by atoms with Crippen molar-refractivity contribution in [1.82, 2.24) is 0 Å². The van der Waals surface area contributed by atoms with E-state index in [-0.39, 0.29) is 6.04 Å². The van der Waals surface area contributed by atoms with Crippen LogP contribution in [0.1, 0.15) is 28.3 Å². The second kappa shape index (κ2) is 4.02. The van der Waals surface area contributed by atoms with Gasteiger partial charge >= 0.3 is 0 Å². The summed E-state index contributed by atoms with van der Waals surface area (Å²) in [5.41, 5.74) is 10.9. The first-order valence-electron chi connectivity index (χ1n) is 5.58. The van der Waals surface area contributed by atoms with Crippen molar-refractivity contribution in [3.63, 3.8) is 0 Å². The van der Waals surface area contributed by atoms with Gasteiger partial charge in [-0.1, -0.05) is 54.1 Å². The third-order valence-corrected chi connectivity index (χ3v) is 3.39. The van der Waals surface area contributed by atoms with E-state index in [1.165, 1.54) is 5.56 Å². The Bertz CT molecular complexity index is 602. The molecule has 2 aromatic carbocycles. The van der Waals surface area contributed by atoms with Crippen molar-refractivity contribution in [2.45, 2.75) is 6.04 Å². The number of benzene rings is 2. The van der Waals surface area contributed by atoms with Crippen molar-refractivity contribution in [2.75, 3.05) is 0 Å². The van der Waals surface area contributed by atoms with E-state index in [1.54, 1.807) is 0 Å². The van der Waals surface area contributed by atoms with Gasteiger partial charge in [0, 0.05) is 5.02 Å². The Balaban J connectivity index is 2.25. The van der Waals surface area contributed by atoms with Crippen LogP contribution in [0.2, 0.25) is 5.02 Å². The molecule has 17 heavy (non-hydrogen) atoms. The molecule has 1 aliphatic rings. The van der Waals surface area contributed by atoms with Crippen molar-refractivity contribution in [3.05, 3.63) is 69.7 Å². The van der Waals surface area contributed by atoms with Gasteiger partial charge in [-0.05, 0) is 34.4 Å². The first kappa shape index (κ1) is 10.6. The van der Waals surface area contributed by atoms with Gasteiger partial charge in [0.25, 0.3) is 0 Å². The molecule has 0 saturated heterocycles. The van der Waals surface area contributed by atoms with E-state index in [1.807, 2.05) is 30.3 Å². The second-order valence-electron chi connectivity index (χ2n) is 4.21. The topological polar surface area (TPSA) is 26.0 Å². The minimum atomic E-state index is -0.116. The molecular weight excluding hydrogens is 230 g/mol. The number of fused-ring (bicyclic) bond motifs is 2. The summed E-state index contributed by atoms with van der Waals surface area (Å²) in [5, 5.41) is 0.729. The van der Waals surface area contributed by atoms with E-state index in [0.717, 1.165) is 21.7 Å². The molecule has 0 amide bonds. The Morgan fingerprint density at radius 2 is 1.59 bits per heavy atom. The highest BCUT2D eigenvalue weighted by Crippen LogP contribution is 2.32. The summed E-state index contributed by atoms with van der Waals surface area (Å²) in [6.45, 7) is 0. The lowest BCUT2D eigenvalue weighted by Gasteiger charge is -2.15. The maximum atomic E-state index is 6.33. The first-order chi connectivity index (χ1) is 8.25. The highest BCUT2D eigenvalue weighted by molar-refractivity contribution is 6.30. The van der Waals surface area contributed by atoms with Gasteiger partial charge < -0.3 is 5.73 Å². The molecule has 1 unspecified atom stereocenters. The van der Waals surface area contributed by atoms with Crippen LogP contribution in [0.4, 0.5) is 0 Å². The van der Waals surface area contributed by atoms with Crippen LogP contribution in [0.5, 0.6) is 0 Å². The van der Waals surface area contributed by atoms with E-state index in [4.69, 9.17) is 17.3 Å². The molecule has 0 radical (unpaired) electrons. The van der Waals surface area contributed by atoms with Gasteiger partial charge in [-0.2, -0.15) is 0 Å². The number of hydrogen-bond acceptors (Lipinski definition) is 1. The van der Waals surface area contributed by atoms with E-state index < -0.39 is 0 Å². The van der Waals surface area contributed by atoms with E-state index in [2.05, 4.69) is 24.3 Å². The number of rotatable bonds is 0. The Labute approximate surface area is 106 Å². The Hall–Kier alpha value is -1.57. The third kappa shape index (κ3) is 1.78. The van der Waals surface area contributed by atoms with Crippen LogP contribution in [-0.2, 0) is 0 Å². The molecule has 0 bridgehead atoms. The summed E-state index contributed by atoms with van der Waals surface area (Å²) in [6, 6.07) is 13.9. The van der Waals surface area contributed by atoms with Crippen molar-refractivity contribution in [2.24, 2.45) is 5.73 Å². The summed E-state index contributed by atoms with van der Waals surface area (Å²) >= 11 is 6.04. The van der Waals surface area contributed by atoms with Crippen LogP contribution in [0, 0.1) is 0 Å². The van der Waals surface area contributed by atoms with Crippen molar-refractivity contribution in [3.8, 4) is 0 Å². The SMILES string of the molecule is NC1c2ccccc2C=Cc2ccc(Cl)cc21. The fourth-order valence-corrected chi connectivity index (χ4v) is 2.44. The molecule has 0 aliphatic heterocycles. The first-order valence-corrected chi connectivity index (χ1v) is 5.95. The smallest absolute Gasteiger partial charge is 0.0564 e. The van der Waals surface area contributed by atoms with Gasteiger partial charge in [0.1, 0.15) is 0 Å². The number of hydrogen-bond donors (Lipinski definition) is 1. The lowest BCUT2D eigenvalue weighted by Crippen LogP contribution is -2.13. The summed E-state index contributed by atoms with van der Waals surface area (Å²) in [5.74, 6) is 0. The summed E-state index contributed by atoms with van der Waals surface area (Å²) in [7, 11) is 0. The van der Waals surface area contributed by atoms with Gasteiger partial charge in [0.2, 0.25) is 0 Å². The van der Waals surface area contributed by atoms with Crippen LogP contribution in [0.25, 0.3) is 12.2 Å². The third-order valence-electron chi connectivity index (χ3n) is 3.16. The summed E-state index contributed by atoms with van der Waals surface area (Å²) in [4.78, 5) is 0. The number of halogens is 1. The van der Waals surface area contributed by atoms with E-state index in [9.17, 15) is 0 Å². The molecule has 3 rings (SSSR count). The Morgan fingerprint density at radius 1 is 0.882 bits per heavy atom. The quantitative estimate of drug-likeness (QED) is 0.745. The molecule has 0 fully saturated rings. The standard InChI is InChI=1S/C15H12ClN/c16-12-8-7-11-6-5-10-3-1-2-4-13(10)15(17)14(11)9-12/h1-9,15H,17H2. The normalized spacial score (nSPS) is 17.2. The lowest BCUT2D eigenvalue weighted by atomic mass is 9.95. The zero-order valence-corrected chi connectivity index (χ0v) is 9.98. The highest BCUT2D eigenvalue weighted by Gasteiger charge is 2.17. The summed E-state index contributed by atoms with van der Waals surface area (Å²) < 4.78 is 0. The molecule has 2 heteroatoms. The van der Waals surface area contributed by atoms with Crippen LogP contribution >= 0.6 is 11.6 Å². The fraction of sp³-hybridized carbons (Fsp3) is 0.0667. The predicted octanol–water partition coefficient (Wildman–Crippen LogP) is 3.87. The monoisotopic (exact) mass is 241 g/mol. The molecule has 0 aromatic heterocycles. The van der Waals surface area contributed by atoms with Gasteiger partial charge in [0.15, 0.2) is 0 Å². The molecule has 2 N–H and O–H groups in total. The highest BCUT2D eigenvalue weighted by atomic mass is 35.5. The van der Waals surface area contributed by atoms with Gasteiger partial charge in [-0.3, -0.25) is 0 Å². The van der Waals surface area contributed by atoms with Gasteiger partial charge in [-0.15, -0.1) is 0 Å². The van der Waals surface area contributed by atoms with Crippen molar-refractivity contribution in [1.29, 1.82) is 0 Å². The lowest BCUT2D eigenvalue weighted by molar-refractivity contribution is 0.869. The van der Waals surface area contributed by atoms with E-state index in [0.29, 0.717) is 0 Å². The molecule has 2 aromatic rings. The maximum absolute atomic E-state index is 6.33. The van der Waals surface area contributed by atoms with Crippen LogP contribution in [0.15, 0.2) is 42.5 Å². The molecule has 0 spiro atoms. The molecular formula is C15H12ClN. The fourth-order valence-electron chi connectivity index (χ4n) is 2.26. The molecule has 84 valence electrons. The van der Waals surface area contributed by atoms with Gasteiger partial charge in [-0.25, -0.2) is 0 Å². The summed E-state index contributed by atoms with van der Waals surface area (Å²) in [6.07, 6.45) is 4.20. The maximum Gasteiger partial charge on any atom is 0.0564 e. The zero-order valence-electron chi connectivity index (χ0n) is 9.23. The molecule has 1 atom stereocenters. The van der Waals surface area contributed by atoms with Crippen molar-refractivity contribution >= 4 is 23.8 Å². The predicted molar refractivity (Wildman–Crippen MR) is 72.9 cm³/mol. The zero-order chi connectivity index (χ0) is 11.8. The van der Waals surface area contributed by atoms with Crippen LogP contribution < -0.4 is 5.73 Å². The van der Waals surface area contributed by atoms with Crippen LogP contribution in [-0.4, -0.2) is 0 Å². The number of nitrogens with two attached hydrogens (primary N) is 1. The largest absolute Gasteiger partial charge is 0.320 e. The minimum absolute atomic E-state index is 0.116. The average molecular weight is 242 g/mol. The molecule has 0 saturated carbocycles. The van der Waals surface area contributed by atoms with Crippen molar-refractivity contribution < 1.29 is 0 Å². The van der Waals surface area contributed by atoms with Gasteiger partial charge in [0.05, 0.1) is 6.04 Å². The Morgan fingerprint density at radius 3 is 2.41 bits per heavy atom. The molecule has 1 nitrogen and oxygen atoms in total. The molecule has 0 heterocycles.